The van der Waals surface area contributed by atoms with Gasteiger partial charge in [-0.1, -0.05) is 13.8 Å². The SMILES string of the molecule is CCOc1ccc2c(c1)c(C)c(C(=O)Nc1ccc(OCC(C)C)cc1)n2CC. The quantitative estimate of drug-likeness (QED) is 0.537. The van der Waals surface area contributed by atoms with Gasteiger partial charge in [0.05, 0.1) is 13.2 Å². The molecule has 0 bridgehead atoms. The lowest BCUT2D eigenvalue weighted by molar-refractivity contribution is 0.101. The number of aromatic nitrogens is 1. The zero-order chi connectivity index (χ0) is 21.0. The van der Waals surface area contributed by atoms with Crippen LogP contribution in [0.3, 0.4) is 0 Å². The molecule has 0 saturated heterocycles. The molecule has 5 nitrogen and oxygen atoms in total. The number of nitrogens with one attached hydrogen (secondary N) is 1. The van der Waals surface area contributed by atoms with Gasteiger partial charge in [0.15, 0.2) is 0 Å². The highest BCUT2D eigenvalue weighted by atomic mass is 16.5. The van der Waals surface area contributed by atoms with Crippen LogP contribution < -0.4 is 14.8 Å². The van der Waals surface area contributed by atoms with Crippen LogP contribution in [-0.4, -0.2) is 23.7 Å². The second-order valence-electron chi connectivity index (χ2n) is 7.51. The molecule has 0 aliphatic carbocycles. The number of carbonyl (C=O) groups excluding carboxylic acids is 1. The Kier molecular flexibility index (Phi) is 6.47. The van der Waals surface area contributed by atoms with Crippen LogP contribution in [0, 0.1) is 12.8 Å². The summed E-state index contributed by atoms with van der Waals surface area (Å²) >= 11 is 0. The molecule has 3 aromatic rings. The maximum absolute atomic E-state index is 13.1. The van der Waals surface area contributed by atoms with E-state index >= 15 is 0 Å². The predicted molar refractivity (Wildman–Crippen MR) is 118 cm³/mol. The summed E-state index contributed by atoms with van der Waals surface area (Å²) in [6.07, 6.45) is 0. The topological polar surface area (TPSA) is 52.5 Å². The molecule has 0 atom stereocenters. The Balaban J connectivity index is 1.85. The van der Waals surface area contributed by atoms with Gasteiger partial charge in [0, 0.05) is 23.1 Å². The summed E-state index contributed by atoms with van der Waals surface area (Å²) in [5, 5.41) is 4.06. The maximum Gasteiger partial charge on any atom is 0.272 e. The van der Waals surface area contributed by atoms with Crippen LogP contribution in [0.5, 0.6) is 11.5 Å². The third-order valence-corrected chi connectivity index (χ3v) is 4.83. The average Bonchev–Trinajstić information content (AvgIpc) is 2.99. The van der Waals surface area contributed by atoms with E-state index in [-0.39, 0.29) is 5.91 Å². The Labute approximate surface area is 172 Å². The van der Waals surface area contributed by atoms with Gasteiger partial charge >= 0.3 is 0 Å². The van der Waals surface area contributed by atoms with Crippen LogP contribution in [0.15, 0.2) is 42.5 Å². The van der Waals surface area contributed by atoms with Crippen molar-refractivity contribution < 1.29 is 14.3 Å². The monoisotopic (exact) mass is 394 g/mol. The number of hydrogen-bond donors (Lipinski definition) is 1. The van der Waals surface area contributed by atoms with Gasteiger partial charge in [-0.15, -0.1) is 0 Å². The van der Waals surface area contributed by atoms with Crippen molar-refractivity contribution in [1.29, 1.82) is 0 Å². The van der Waals surface area contributed by atoms with Crippen LogP contribution >= 0.6 is 0 Å². The second kappa shape index (κ2) is 9.03. The van der Waals surface area contributed by atoms with Crippen LogP contribution in [0.4, 0.5) is 5.69 Å². The van der Waals surface area contributed by atoms with Gasteiger partial charge < -0.3 is 19.4 Å². The van der Waals surface area contributed by atoms with E-state index in [1.807, 2.05) is 63.2 Å². The number of rotatable bonds is 8. The lowest BCUT2D eigenvalue weighted by atomic mass is 10.1. The average molecular weight is 395 g/mol. The first-order chi connectivity index (χ1) is 13.9. The van der Waals surface area contributed by atoms with E-state index in [4.69, 9.17) is 9.47 Å². The molecule has 0 saturated carbocycles. The van der Waals surface area contributed by atoms with Crippen molar-refractivity contribution >= 4 is 22.5 Å². The molecule has 2 aromatic carbocycles. The molecule has 5 heteroatoms. The minimum Gasteiger partial charge on any atom is -0.494 e. The maximum atomic E-state index is 13.1. The first-order valence-corrected chi connectivity index (χ1v) is 10.2. The van der Waals surface area contributed by atoms with Crippen molar-refractivity contribution in [1.82, 2.24) is 4.57 Å². The lowest BCUT2D eigenvalue weighted by Gasteiger charge is -2.11. The molecule has 0 radical (unpaired) electrons. The second-order valence-corrected chi connectivity index (χ2v) is 7.51. The Morgan fingerprint density at radius 2 is 1.72 bits per heavy atom. The molecular weight excluding hydrogens is 364 g/mol. The highest BCUT2D eigenvalue weighted by Gasteiger charge is 2.20. The van der Waals surface area contributed by atoms with Crippen molar-refractivity contribution in [3.05, 3.63) is 53.7 Å². The molecule has 0 aliphatic rings. The number of amides is 1. The number of aryl methyl sites for hydroxylation is 2. The molecule has 29 heavy (non-hydrogen) atoms. The molecule has 0 unspecified atom stereocenters. The van der Waals surface area contributed by atoms with E-state index < -0.39 is 0 Å². The van der Waals surface area contributed by atoms with Gasteiger partial charge in [0.1, 0.15) is 17.2 Å². The number of carbonyl (C=O) groups is 1. The minimum absolute atomic E-state index is 0.116. The molecule has 154 valence electrons. The number of ether oxygens (including phenoxy) is 2. The predicted octanol–water partition coefficient (Wildman–Crippen LogP) is 5.66. The van der Waals surface area contributed by atoms with Gasteiger partial charge in [-0.3, -0.25) is 4.79 Å². The zero-order valence-corrected chi connectivity index (χ0v) is 17.9. The highest BCUT2D eigenvalue weighted by molar-refractivity contribution is 6.08. The number of benzene rings is 2. The summed E-state index contributed by atoms with van der Waals surface area (Å²) in [5.41, 5.74) is 3.42. The van der Waals surface area contributed by atoms with E-state index in [0.717, 1.165) is 33.7 Å². The fraction of sp³-hybridized carbons (Fsp3) is 0.375. The molecule has 3 rings (SSSR count). The fourth-order valence-electron chi connectivity index (χ4n) is 3.47. The third-order valence-electron chi connectivity index (χ3n) is 4.83. The van der Waals surface area contributed by atoms with Gasteiger partial charge in [0.25, 0.3) is 5.91 Å². The fourth-order valence-corrected chi connectivity index (χ4v) is 3.47. The molecule has 1 N–H and O–H groups in total. The highest BCUT2D eigenvalue weighted by Crippen LogP contribution is 2.30. The van der Waals surface area contributed by atoms with Crippen LogP contribution in [0.25, 0.3) is 10.9 Å². The van der Waals surface area contributed by atoms with E-state index in [1.165, 1.54) is 0 Å². The summed E-state index contributed by atoms with van der Waals surface area (Å²) in [6, 6.07) is 13.5. The summed E-state index contributed by atoms with van der Waals surface area (Å²) < 4.78 is 13.4. The van der Waals surface area contributed by atoms with Gasteiger partial charge in [0.2, 0.25) is 0 Å². The lowest BCUT2D eigenvalue weighted by Crippen LogP contribution is -2.17. The standard InChI is InChI=1S/C24H30N2O3/c1-6-26-22-13-12-20(28-7-2)14-21(22)17(5)23(26)24(27)25-18-8-10-19(11-9-18)29-15-16(3)4/h8-14,16H,6-7,15H2,1-5H3,(H,25,27). The Morgan fingerprint density at radius 1 is 1.03 bits per heavy atom. The minimum atomic E-state index is -0.116. The van der Waals surface area contributed by atoms with Crippen molar-refractivity contribution in [2.75, 3.05) is 18.5 Å². The van der Waals surface area contributed by atoms with Crippen molar-refractivity contribution in [2.45, 2.75) is 41.2 Å². The summed E-state index contributed by atoms with van der Waals surface area (Å²) in [4.78, 5) is 13.1. The van der Waals surface area contributed by atoms with Crippen LogP contribution in [0.1, 0.15) is 43.7 Å². The Hall–Kier alpha value is -2.95. The van der Waals surface area contributed by atoms with Gasteiger partial charge in [-0.05, 0) is 74.7 Å². The first kappa shape index (κ1) is 20.8. The van der Waals surface area contributed by atoms with E-state index in [9.17, 15) is 4.79 Å². The molecule has 0 aliphatic heterocycles. The number of nitrogens with zero attached hydrogens (tertiary/aromatic N) is 1. The van der Waals surface area contributed by atoms with Crippen LogP contribution in [0.2, 0.25) is 0 Å². The van der Waals surface area contributed by atoms with E-state index in [1.54, 1.807) is 0 Å². The molecule has 0 fully saturated rings. The Morgan fingerprint density at radius 3 is 2.34 bits per heavy atom. The molecule has 0 spiro atoms. The summed E-state index contributed by atoms with van der Waals surface area (Å²) in [7, 11) is 0. The molecular formula is C24H30N2O3. The molecule has 1 amide bonds. The zero-order valence-electron chi connectivity index (χ0n) is 17.9. The van der Waals surface area contributed by atoms with E-state index in [0.29, 0.717) is 31.4 Å². The van der Waals surface area contributed by atoms with E-state index in [2.05, 4.69) is 23.7 Å². The van der Waals surface area contributed by atoms with Gasteiger partial charge in [-0.2, -0.15) is 0 Å². The van der Waals surface area contributed by atoms with Crippen molar-refractivity contribution in [2.24, 2.45) is 5.92 Å². The van der Waals surface area contributed by atoms with Gasteiger partial charge in [-0.25, -0.2) is 0 Å². The normalized spacial score (nSPS) is 11.1. The number of fused-ring (bicyclic) bond motifs is 1. The summed E-state index contributed by atoms with van der Waals surface area (Å²) in [6.45, 7) is 12.2. The van der Waals surface area contributed by atoms with Crippen molar-refractivity contribution in [3.63, 3.8) is 0 Å². The first-order valence-electron chi connectivity index (χ1n) is 10.2. The molecule has 1 aromatic heterocycles. The summed E-state index contributed by atoms with van der Waals surface area (Å²) in [5.74, 6) is 1.98. The largest absolute Gasteiger partial charge is 0.494 e. The number of hydrogen-bond acceptors (Lipinski definition) is 3. The van der Waals surface area contributed by atoms with Crippen molar-refractivity contribution in [3.8, 4) is 11.5 Å². The van der Waals surface area contributed by atoms with Crippen LogP contribution in [-0.2, 0) is 6.54 Å². The third kappa shape index (κ3) is 4.56. The number of anilines is 1. The molecule has 1 heterocycles. The Bertz CT molecular complexity index is 988. The smallest absolute Gasteiger partial charge is 0.272 e.